The Hall–Kier alpha value is -0.970. The molecule has 0 aliphatic heterocycles. The average Bonchev–Trinajstić information content (AvgIpc) is 3.37. The summed E-state index contributed by atoms with van der Waals surface area (Å²) in [4.78, 5) is 14.6. The van der Waals surface area contributed by atoms with Gasteiger partial charge in [0.05, 0.1) is 5.54 Å². The van der Waals surface area contributed by atoms with Gasteiger partial charge < -0.3 is 16.0 Å². The predicted octanol–water partition coefficient (Wildman–Crippen LogP) is 3.62. The smallest absolute Gasteiger partial charge is 0.251 e. The standard InChI is InChI=1S/C18H29N3O.2ClH/c1-4-5-12-21(3)16-10-6-14(7-11-16)17(22)20-18(2,13-19)15-8-9-15;;/h6-7,10-11,15H,4-5,8-9,12-13,19H2,1-3H3,(H,20,22);2*1H. The number of anilines is 1. The molecule has 0 saturated heterocycles. The zero-order valence-corrected chi connectivity index (χ0v) is 16.5. The minimum absolute atomic E-state index is 0. The molecule has 1 fully saturated rings. The van der Waals surface area contributed by atoms with E-state index in [1.165, 1.54) is 12.8 Å². The van der Waals surface area contributed by atoms with Gasteiger partial charge in [-0.3, -0.25) is 4.79 Å². The number of nitrogens with two attached hydrogens (primary N) is 1. The van der Waals surface area contributed by atoms with E-state index in [-0.39, 0.29) is 36.3 Å². The summed E-state index contributed by atoms with van der Waals surface area (Å²) >= 11 is 0. The van der Waals surface area contributed by atoms with Gasteiger partial charge in [0, 0.05) is 31.4 Å². The fourth-order valence-corrected chi connectivity index (χ4v) is 2.76. The zero-order chi connectivity index (χ0) is 16.2. The summed E-state index contributed by atoms with van der Waals surface area (Å²) < 4.78 is 0. The highest BCUT2D eigenvalue weighted by Gasteiger charge is 2.41. The summed E-state index contributed by atoms with van der Waals surface area (Å²) in [6, 6.07) is 7.83. The van der Waals surface area contributed by atoms with Gasteiger partial charge in [-0.2, -0.15) is 0 Å². The summed E-state index contributed by atoms with van der Waals surface area (Å²) in [5.41, 5.74) is 7.44. The third-order valence-corrected chi connectivity index (χ3v) is 4.72. The molecular formula is C18H31Cl2N3O. The maximum Gasteiger partial charge on any atom is 0.251 e. The maximum atomic E-state index is 12.4. The monoisotopic (exact) mass is 375 g/mol. The number of hydrogen-bond donors (Lipinski definition) is 2. The second kappa shape index (κ2) is 10.1. The van der Waals surface area contributed by atoms with Gasteiger partial charge in [-0.25, -0.2) is 0 Å². The van der Waals surface area contributed by atoms with Crippen molar-refractivity contribution in [2.45, 2.75) is 45.1 Å². The van der Waals surface area contributed by atoms with Crippen molar-refractivity contribution in [2.24, 2.45) is 11.7 Å². The maximum absolute atomic E-state index is 12.4. The van der Waals surface area contributed by atoms with Crippen molar-refractivity contribution in [3.8, 4) is 0 Å². The van der Waals surface area contributed by atoms with Crippen LogP contribution in [0.5, 0.6) is 0 Å². The molecule has 0 radical (unpaired) electrons. The van der Waals surface area contributed by atoms with Gasteiger partial charge in [0.2, 0.25) is 0 Å². The van der Waals surface area contributed by atoms with Gasteiger partial charge in [0.25, 0.3) is 5.91 Å². The summed E-state index contributed by atoms with van der Waals surface area (Å²) in [7, 11) is 2.09. The molecule has 0 heterocycles. The largest absolute Gasteiger partial charge is 0.375 e. The molecule has 1 aromatic rings. The Morgan fingerprint density at radius 3 is 2.33 bits per heavy atom. The molecule has 1 aromatic carbocycles. The lowest BCUT2D eigenvalue weighted by atomic mass is 9.95. The molecule has 4 nitrogen and oxygen atoms in total. The average molecular weight is 376 g/mol. The fourth-order valence-electron chi connectivity index (χ4n) is 2.76. The first kappa shape index (κ1) is 23.0. The van der Waals surface area contributed by atoms with E-state index in [2.05, 4.69) is 31.1 Å². The van der Waals surface area contributed by atoms with Crippen LogP contribution < -0.4 is 16.0 Å². The van der Waals surface area contributed by atoms with Crippen LogP contribution in [0.15, 0.2) is 24.3 Å². The first-order valence-electron chi connectivity index (χ1n) is 8.34. The van der Waals surface area contributed by atoms with Crippen LogP contribution >= 0.6 is 24.8 Å². The van der Waals surface area contributed by atoms with Crippen LogP contribution in [-0.2, 0) is 0 Å². The van der Waals surface area contributed by atoms with Crippen LogP contribution in [0.4, 0.5) is 5.69 Å². The Bertz CT molecular complexity index is 505. The second-order valence-corrected chi connectivity index (χ2v) is 6.67. The van der Waals surface area contributed by atoms with Crippen molar-refractivity contribution in [2.75, 3.05) is 25.0 Å². The lowest BCUT2D eigenvalue weighted by molar-refractivity contribution is 0.0898. The molecular weight excluding hydrogens is 345 g/mol. The Kier molecular flexibility index (Phi) is 9.71. The van der Waals surface area contributed by atoms with E-state index in [1.807, 2.05) is 24.3 Å². The normalized spacial score (nSPS) is 15.5. The molecule has 1 amide bonds. The van der Waals surface area contributed by atoms with E-state index in [0.717, 1.165) is 25.1 Å². The highest BCUT2D eigenvalue weighted by atomic mass is 35.5. The first-order valence-corrected chi connectivity index (χ1v) is 8.34. The molecule has 0 aromatic heterocycles. The summed E-state index contributed by atoms with van der Waals surface area (Å²) in [6.07, 6.45) is 4.68. The van der Waals surface area contributed by atoms with Crippen LogP contribution in [0.3, 0.4) is 0 Å². The van der Waals surface area contributed by atoms with Crippen LogP contribution in [0.1, 0.15) is 49.9 Å². The molecule has 138 valence electrons. The Morgan fingerprint density at radius 2 is 1.88 bits per heavy atom. The number of hydrogen-bond acceptors (Lipinski definition) is 3. The van der Waals surface area contributed by atoms with E-state index in [0.29, 0.717) is 18.0 Å². The third-order valence-electron chi connectivity index (χ3n) is 4.72. The van der Waals surface area contributed by atoms with Crippen LogP contribution in [0.2, 0.25) is 0 Å². The van der Waals surface area contributed by atoms with Gasteiger partial charge in [-0.1, -0.05) is 13.3 Å². The predicted molar refractivity (Wildman–Crippen MR) is 107 cm³/mol. The van der Waals surface area contributed by atoms with Crippen molar-refractivity contribution in [1.29, 1.82) is 0 Å². The molecule has 3 N–H and O–H groups in total. The summed E-state index contributed by atoms with van der Waals surface area (Å²) in [6.45, 7) is 5.77. The topological polar surface area (TPSA) is 58.4 Å². The van der Waals surface area contributed by atoms with Crippen molar-refractivity contribution in [1.82, 2.24) is 5.32 Å². The number of benzene rings is 1. The molecule has 24 heavy (non-hydrogen) atoms. The Labute approximate surface area is 158 Å². The van der Waals surface area contributed by atoms with Crippen molar-refractivity contribution in [3.05, 3.63) is 29.8 Å². The highest BCUT2D eigenvalue weighted by Crippen LogP contribution is 2.39. The molecule has 6 heteroatoms. The number of carbonyl (C=O) groups is 1. The summed E-state index contributed by atoms with van der Waals surface area (Å²) in [5.74, 6) is 0.503. The number of nitrogens with zero attached hydrogens (tertiary/aromatic N) is 1. The number of nitrogens with one attached hydrogen (secondary N) is 1. The molecule has 1 aliphatic carbocycles. The molecule has 0 bridgehead atoms. The molecule has 1 atom stereocenters. The van der Waals surface area contributed by atoms with Crippen molar-refractivity contribution < 1.29 is 4.79 Å². The van der Waals surface area contributed by atoms with Gasteiger partial charge in [-0.15, -0.1) is 24.8 Å². The molecule has 1 saturated carbocycles. The van der Waals surface area contributed by atoms with Crippen LogP contribution in [-0.4, -0.2) is 31.6 Å². The van der Waals surface area contributed by atoms with E-state index >= 15 is 0 Å². The third kappa shape index (κ3) is 5.83. The lowest BCUT2D eigenvalue weighted by Crippen LogP contribution is -2.53. The molecule has 2 rings (SSSR count). The van der Waals surface area contributed by atoms with E-state index in [4.69, 9.17) is 5.73 Å². The molecule has 0 spiro atoms. The van der Waals surface area contributed by atoms with E-state index < -0.39 is 0 Å². The number of unbranched alkanes of at least 4 members (excludes halogenated alkanes) is 1. The second-order valence-electron chi connectivity index (χ2n) is 6.67. The number of rotatable bonds is 8. The SMILES string of the molecule is CCCCN(C)c1ccc(C(=O)NC(C)(CN)C2CC2)cc1.Cl.Cl. The van der Waals surface area contributed by atoms with Gasteiger partial charge >= 0.3 is 0 Å². The molecule has 1 aliphatic rings. The van der Waals surface area contributed by atoms with Gasteiger partial charge in [-0.05, 0) is 56.4 Å². The van der Waals surface area contributed by atoms with Crippen LogP contribution in [0.25, 0.3) is 0 Å². The van der Waals surface area contributed by atoms with Crippen molar-refractivity contribution >= 4 is 36.4 Å². The first-order chi connectivity index (χ1) is 10.5. The highest BCUT2D eigenvalue weighted by molar-refractivity contribution is 5.95. The van der Waals surface area contributed by atoms with Gasteiger partial charge in [0.1, 0.15) is 0 Å². The Balaban J connectivity index is 0.00000264. The number of amides is 1. The Morgan fingerprint density at radius 1 is 1.29 bits per heavy atom. The minimum Gasteiger partial charge on any atom is -0.375 e. The van der Waals surface area contributed by atoms with E-state index in [1.54, 1.807) is 0 Å². The minimum atomic E-state index is -0.270. The van der Waals surface area contributed by atoms with E-state index in [9.17, 15) is 4.79 Å². The number of halogens is 2. The van der Waals surface area contributed by atoms with Crippen molar-refractivity contribution in [3.63, 3.8) is 0 Å². The summed E-state index contributed by atoms with van der Waals surface area (Å²) in [5, 5.41) is 3.13. The molecule has 1 unspecified atom stereocenters. The fraction of sp³-hybridized carbons (Fsp3) is 0.611. The quantitative estimate of drug-likeness (QED) is 0.729. The zero-order valence-electron chi connectivity index (χ0n) is 14.9. The number of carbonyl (C=O) groups excluding carboxylic acids is 1. The van der Waals surface area contributed by atoms with Gasteiger partial charge in [0.15, 0.2) is 0 Å². The van der Waals surface area contributed by atoms with Crippen LogP contribution in [0, 0.1) is 5.92 Å². The lowest BCUT2D eigenvalue weighted by Gasteiger charge is -2.29.